The minimum absolute atomic E-state index is 0.0811. The monoisotopic (exact) mass is 328 g/mol. The van der Waals surface area contributed by atoms with Crippen LogP contribution < -0.4 is 11.3 Å². The van der Waals surface area contributed by atoms with Gasteiger partial charge in [0.15, 0.2) is 0 Å². The zero-order valence-electron chi connectivity index (χ0n) is 11.3. The molecule has 0 spiro atoms. The molecule has 1 aliphatic rings. The lowest BCUT2D eigenvalue weighted by Crippen LogP contribution is -2.36. The van der Waals surface area contributed by atoms with Gasteiger partial charge in [-0.25, -0.2) is 4.39 Å². The van der Waals surface area contributed by atoms with Gasteiger partial charge in [-0.05, 0) is 36.8 Å². The van der Waals surface area contributed by atoms with Gasteiger partial charge in [0.1, 0.15) is 5.82 Å². The number of hydrogen-bond donors (Lipinski definition) is 2. The first-order valence-electron chi connectivity index (χ1n) is 7.06. The zero-order chi connectivity index (χ0) is 13.8. The molecule has 3 N–H and O–H groups in total. The Morgan fingerprint density at radius 2 is 2.26 bits per heavy atom. The Bertz CT molecular complexity index is 425. The highest BCUT2D eigenvalue weighted by molar-refractivity contribution is 9.10. The fraction of sp³-hybridized carbons (Fsp3) is 0.600. The van der Waals surface area contributed by atoms with Crippen molar-refractivity contribution in [2.45, 2.75) is 45.1 Å². The first-order chi connectivity index (χ1) is 9.15. The number of nitrogens with two attached hydrogens (primary N) is 1. The van der Waals surface area contributed by atoms with E-state index in [1.807, 2.05) is 12.1 Å². The highest BCUT2D eigenvalue weighted by Crippen LogP contribution is 2.39. The maximum absolute atomic E-state index is 14.1. The number of benzene rings is 1. The Labute approximate surface area is 123 Å². The summed E-state index contributed by atoms with van der Waals surface area (Å²) in [4.78, 5) is 0. The predicted octanol–water partition coefficient (Wildman–Crippen LogP) is 4.31. The van der Waals surface area contributed by atoms with Crippen LogP contribution in [0, 0.1) is 17.7 Å². The first-order valence-corrected chi connectivity index (χ1v) is 7.86. The molecule has 106 valence electrons. The summed E-state index contributed by atoms with van der Waals surface area (Å²) in [7, 11) is 0. The standard InChI is InChI=1S/C15H22BrFN2/c1-2-10-4-3-5-11(8-10)15(19-18)13-7-6-12(16)9-14(13)17/h6-7,9-11,15,19H,2-5,8,18H2,1H3. The summed E-state index contributed by atoms with van der Waals surface area (Å²) in [6, 6.07) is 5.14. The van der Waals surface area contributed by atoms with Gasteiger partial charge in [0, 0.05) is 10.0 Å². The maximum Gasteiger partial charge on any atom is 0.129 e. The summed E-state index contributed by atoms with van der Waals surface area (Å²) in [5, 5.41) is 0. The fourth-order valence-electron chi connectivity index (χ4n) is 3.24. The van der Waals surface area contributed by atoms with Crippen molar-refractivity contribution in [2.75, 3.05) is 0 Å². The molecular weight excluding hydrogens is 307 g/mol. The van der Waals surface area contributed by atoms with Gasteiger partial charge in [-0.3, -0.25) is 11.3 Å². The molecular formula is C15H22BrFN2. The van der Waals surface area contributed by atoms with E-state index in [1.54, 1.807) is 0 Å². The van der Waals surface area contributed by atoms with Crippen molar-refractivity contribution >= 4 is 15.9 Å². The van der Waals surface area contributed by atoms with E-state index >= 15 is 0 Å². The molecule has 0 amide bonds. The maximum atomic E-state index is 14.1. The smallest absolute Gasteiger partial charge is 0.129 e. The molecule has 0 heterocycles. The van der Waals surface area contributed by atoms with Crippen LogP contribution in [0.15, 0.2) is 22.7 Å². The zero-order valence-corrected chi connectivity index (χ0v) is 12.9. The van der Waals surface area contributed by atoms with E-state index < -0.39 is 0 Å². The summed E-state index contributed by atoms with van der Waals surface area (Å²) in [6.07, 6.45) is 5.99. The van der Waals surface area contributed by atoms with E-state index in [2.05, 4.69) is 28.3 Å². The Morgan fingerprint density at radius 1 is 1.47 bits per heavy atom. The topological polar surface area (TPSA) is 38.0 Å². The lowest BCUT2D eigenvalue weighted by molar-refractivity contribution is 0.207. The molecule has 0 radical (unpaired) electrons. The van der Waals surface area contributed by atoms with Crippen LogP contribution >= 0.6 is 15.9 Å². The second-order valence-electron chi connectivity index (χ2n) is 5.51. The minimum Gasteiger partial charge on any atom is -0.271 e. The van der Waals surface area contributed by atoms with Gasteiger partial charge < -0.3 is 0 Å². The summed E-state index contributed by atoms with van der Waals surface area (Å²) in [5.41, 5.74) is 3.53. The highest BCUT2D eigenvalue weighted by Gasteiger charge is 2.29. The Kier molecular flexibility index (Phi) is 5.37. The van der Waals surface area contributed by atoms with Gasteiger partial charge in [0.2, 0.25) is 0 Å². The molecule has 3 unspecified atom stereocenters. The first kappa shape index (κ1) is 14.9. The quantitative estimate of drug-likeness (QED) is 0.638. The van der Waals surface area contributed by atoms with Crippen LogP contribution in [-0.4, -0.2) is 0 Å². The highest BCUT2D eigenvalue weighted by atomic mass is 79.9. The van der Waals surface area contributed by atoms with Crippen LogP contribution in [0.5, 0.6) is 0 Å². The third kappa shape index (κ3) is 3.56. The van der Waals surface area contributed by atoms with E-state index in [4.69, 9.17) is 5.84 Å². The van der Waals surface area contributed by atoms with Gasteiger partial charge in [-0.15, -0.1) is 0 Å². The van der Waals surface area contributed by atoms with Crippen LogP contribution in [0.25, 0.3) is 0 Å². The Hall–Kier alpha value is -0.450. The molecule has 0 saturated heterocycles. The largest absolute Gasteiger partial charge is 0.271 e. The predicted molar refractivity (Wildman–Crippen MR) is 79.9 cm³/mol. The number of hydrazine groups is 1. The van der Waals surface area contributed by atoms with Crippen LogP contribution in [-0.2, 0) is 0 Å². The average molecular weight is 329 g/mol. The third-order valence-electron chi connectivity index (χ3n) is 4.35. The van der Waals surface area contributed by atoms with Crippen molar-refractivity contribution in [2.24, 2.45) is 17.7 Å². The molecule has 1 fully saturated rings. The molecule has 0 bridgehead atoms. The molecule has 1 aromatic carbocycles. The summed E-state index contributed by atoms with van der Waals surface area (Å²) >= 11 is 3.29. The summed E-state index contributed by atoms with van der Waals surface area (Å²) in [5.74, 6) is 6.70. The summed E-state index contributed by atoms with van der Waals surface area (Å²) < 4.78 is 14.9. The van der Waals surface area contributed by atoms with Gasteiger partial charge in [0.05, 0.1) is 6.04 Å². The summed E-state index contributed by atoms with van der Waals surface area (Å²) in [6.45, 7) is 2.23. The Balaban J connectivity index is 2.19. The number of rotatable bonds is 4. The van der Waals surface area contributed by atoms with Crippen molar-refractivity contribution in [3.8, 4) is 0 Å². The van der Waals surface area contributed by atoms with E-state index in [-0.39, 0.29) is 11.9 Å². The lowest BCUT2D eigenvalue weighted by atomic mass is 9.75. The van der Waals surface area contributed by atoms with E-state index in [9.17, 15) is 4.39 Å². The normalized spacial score (nSPS) is 25.3. The van der Waals surface area contributed by atoms with Crippen LogP contribution in [0.2, 0.25) is 0 Å². The van der Waals surface area contributed by atoms with Gasteiger partial charge >= 0.3 is 0 Å². The molecule has 0 aliphatic heterocycles. The van der Waals surface area contributed by atoms with Crippen molar-refractivity contribution in [3.63, 3.8) is 0 Å². The molecule has 1 saturated carbocycles. The molecule has 3 atom stereocenters. The Morgan fingerprint density at radius 3 is 2.89 bits per heavy atom. The SMILES string of the molecule is CCC1CCCC(C(NN)c2ccc(Br)cc2F)C1. The van der Waals surface area contributed by atoms with Crippen LogP contribution in [0.3, 0.4) is 0 Å². The van der Waals surface area contributed by atoms with Crippen molar-refractivity contribution in [3.05, 3.63) is 34.1 Å². The van der Waals surface area contributed by atoms with Gasteiger partial charge in [0.25, 0.3) is 0 Å². The molecule has 1 aliphatic carbocycles. The fourth-order valence-corrected chi connectivity index (χ4v) is 3.57. The second-order valence-corrected chi connectivity index (χ2v) is 6.43. The molecule has 2 rings (SSSR count). The molecule has 0 aromatic heterocycles. The van der Waals surface area contributed by atoms with Crippen molar-refractivity contribution < 1.29 is 4.39 Å². The number of hydrogen-bond acceptors (Lipinski definition) is 2. The molecule has 19 heavy (non-hydrogen) atoms. The van der Waals surface area contributed by atoms with Crippen LogP contribution in [0.4, 0.5) is 4.39 Å². The van der Waals surface area contributed by atoms with Gasteiger partial charge in [-0.2, -0.15) is 0 Å². The molecule has 1 aromatic rings. The molecule has 4 heteroatoms. The van der Waals surface area contributed by atoms with E-state index in [0.29, 0.717) is 11.5 Å². The van der Waals surface area contributed by atoms with Crippen LogP contribution in [0.1, 0.15) is 50.6 Å². The minimum atomic E-state index is -0.184. The van der Waals surface area contributed by atoms with Gasteiger partial charge in [-0.1, -0.05) is 48.2 Å². The van der Waals surface area contributed by atoms with E-state index in [1.165, 1.54) is 25.3 Å². The lowest BCUT2D eigenvalue weighted by Gasteiger charge is -2.34. The molecule has 2 nitrogen and oxygen atoms in total. The second kappa shape index (κ2) is 6.82. The third-order valence-corrected chi connectivity index (χ3v) is 4.84. The number of nitrogens with one attached hydrogen (secondary N) is 1. The van der Waals surface area contributed by atoms with Crippen molar-refractivity contribution in [1.29, 1.82) is 0 Å². The average Bonchev–Trinajstić information content (AvgIpc) is 2.42. The van der Waals surface area contributed by atoms with Crippen molar-refractivity contribution in [1.82, 2.24) is 5.43 Å². The van der Waals surface area contributed by atoms with E-state index in [0.717, 1.165) is 23.2 Å². The number of halogens is 2.